The molecule has 0 atom stereocenters. The summed E-state index contributed by atoms with van der Waals surface area (Å²) in [6, 6.07) is 0. The SMILES string of the molecule is [2H]C([2H])(O)CCC(=O)O. The Kier molecular flexibility index (Phi) is 1.77. The van der Waals surface area contributed by atoms with Gasteiger partial charge in [-0.3, -0.25) is 4.79 Å². The number of rotatable bonds is 3. The molecule has 42 valence electrons. The average molecular weight is 106 g/mol. The minimum absolute atomic E-state index is 0.344. The lowest BCUT2D eigenvalue weighted by molar-refractivity contribution is -0.137. The van der Waals surface area contributed by atoms with Gasteiger partial charge in [0.25, 0.3) is 0 Å². The van der Waals surface area contributed by atoms with Gasteiger partial charge in [-0.25, -0.2) is 0 Å². The van der Waals surface area contributed by atoms with Crippen LogP contribution < -0.4 is 0 Å². The van der Waals surface area contributed by atoms with Gasteiger partial charge in [-0.05, 0) is 6.42 Å². The number of hydrogen-bond acceptors (Lipinski definition) is 2. The smallest absolute Gasteiger partial charge is 0.303 e. The monoisotopic (exact) mass is 106 g/mol. The number of carboxylic acid groups (broad SMARTS) is 1. The van der Waals surface area contributed by atoms with Crippen molar-refractivity contribution in [1.29, 1.82) is 0 Å². The van der Waals surface area contributed by atoms with Crippen LogP contribution in [0.3, 0.4) is 0 Å². The molecule has 0 aromatic heterocycles. The van der Waals surface area contributed by atoms with Crippen LogP contribution in [-0.4, -0.2) is 22.7 Å². The van der Waals surface area contributed by atoms with Gasteiger partial charge in [0.15, 0.2) is 0 Å². The second-order valence-corrected chi connectivity index (χ2v) is 1.05. The van der Waals surface area contributed by atoms with Crippen LogP contribution in [0.25, 0.3) is 0 Å². The van der Waals surface area contributed by atoms with Gasteiger partial charge in [0, 0.05) is 13.0 Å². The quantitative estimate of drug-likeness (QED) is 0.525. The average Bonchev–Trinajstić information content (AvgIpc) is 1.59. The molecule has 0 aliphatic carbocycles. The Morgan fingerprint density at radius 3 is 2.57 bits per heavy atom. The van der Waals surface area contributed by atoms with Gasteiger partial charge in [-0.1, -0.05) is 0 Å². The van der Waals surface area contributed by atoms with Crippen molar-refractivity contribution in [2.45, 2.75) is 12.8 Å². The second kappa shape index (κ2) is 3.61. The summed E-state index contributed by atoms with van der Waals surface area (Å²) in [5.74, 6) is -1.10. The predicted molar refractivity (Wildman–Crippen MR) is 24.0 cm³/mol. The first-order valence-corrected chi connectivity index (χ1v) is 1.86. The topological polar surface area (TPSA) is 57.5 Å². The van der Waals surface area contributed by atoms with Crippen LogP contribution in [0, 0.1) is 0 Å². The molecule has 0 saturated heterocycles. The third-order valence-corrected chi connectivity index (χ3v) is 0.451. The zero-order valence-corrected chi connectivity index (χ0v) is 3.72. The molecule has 0 aliphatic heterocycles. The van der Waals surface area contributed by atoms with E-state index in [4.69, 9.17) is 13.0 Å². The third-order valence-electron chi connectivity index (χ3n) is 0.451. The summed E-state index contributed by atoms with van der Waals surface area (Å²) in [5, 5.41) is 16.3. The molecular weight excluding hydrogens is 96.0 g/mol. The lowest BCUT2D eigenvalue weighted by Gasteiger charge is -1.85. The minimum atomic E-state index is -2.35. The lowest BCUT2D eigenvalue weighted by Crippen LogP contribution is -1.95. The number of carbonyl (C=O) groups is 1. The van der Waals surface area contributed by atoms with E-state index in [1.54, 1.807) is 0 Å². The molecule has 3 nitrogen and oxygen atoms in total. The summed E-state index contributed by atoms with van der Waals surface area (Å²) in [6.07, 6.45) is -0.703. The van der Waals surface area contributed by atoms with Crippen molar-refractivity contribution in [1.82, 2.24) is 0 Å². The highest BCUT2D eigenvalue weighted by Gasteiger charge is 1.91. The first-order chi connectivity index (χ1) is 3.92. The zero-order chi connectivity index (χ0) is 7.49. The largest absolute Gasteiger partial charge is 0.481 e. The third kappa shape index (κ3) is 5.43. The van der Waals surface area contributed by atoms with Crippen molar-refractivity contribution < 1.29 is 17.7 Å². The fourth-order valence-corrected chi connectivity index (χ4v) is 0.163. The highest BCUT2D eigenvalue weighted by Crippen LogP contribution is 1.83. The Balaban J connectivity index is 3.39. The maximum Gasteiger partial charge on any atom is 0.303 e. The number of hydrogen-bond donors (Lipinski definition) is 2. The normalized spacial score (nSPS) is 15.0. The van der Waals surface area contributed by atoms with E-state index in [2.05, 4.69) is 0 Å². The molecule has 0 saturated carbocycles. The van der Waals surface area contributed by atoms with E-state index in [-0.39, 0.29) is 12.8 Å². The lowest BCUT2D eigenvalue weighted by atomic mass is 10.3. The van der Waals surface area contributed by atoms with Crippen molar-refractivity contribution in [2.24, 2.45) is 0 Å². The van der Waals surface area contributed by atoms with Gasteiger partial charge >= 0.3 is 5.97 Å². The first-order valence-electron chi connectivity index (χ1n) is 2.86. The number of carboxylic acids is 1. The summed E-state index contributed by atoms with van der Waals surface area (Å²) in [7, 11) is 0. The highest BCUT2D eigenvalue weighted by atomic mass is 16.4. The molecule has 0 aliphatic rings. The van der Waals surface area contributed by atoms with E-state index >= 15 is 0 Å². The van der Waals surface area contributed by atoms with Crippen molar-refractivity contribution in [3.05, 3.63) is 0 Å². The highest BCUT2D eigenvalue weighted by molar-refractivity contribution is 5.66. The molecule has 0 fully saturated rings. The standard InChI is InChI=1S/C4H8O3/c5-3-1-2-4(6)7/h5H,1-3H2,(H,6,7)/i3D2. The molecule has 7 heavy (non-hydrogen) atoms. The summed E-state index contributed by atoms with van der Waals surface area (Å²) < 4.78 is 13.0. The summed E-state index contributed by atoms with van der Waals surface area (Å²) in [5.41, 5.74) is 0. The van der Waals surface area contributed by atoms with E-state index in [0.717, 1.165) is 0 Å². The minimum Gasteiger partial charge on any atom is -0.481 e. The summed E-state index contributed by atoms with van der Waals surface area (Å²) >= 11 is 0. The van der Waals surface area contributed by atoms with E-state index in [9.17, 15) is 4.79 Å². The molecule has 0 bridgehead atoms. The van der Waals surface area contributed by atoms with Gasteiger partial charge in [-0.15, -0.1) is 0 Å². The molecule has 0 heterocycles. The molecular formula is C4H8O3. The Hall–Kier alpha value is -0.570. The van der Waals surface area contributed by atoms with E-state index < -0.39 is 12.5 Å². The van der Waals surface area contributed by atoms with Gasteiger partial charge < -0.3 is 10.2 Å². The molecule has 0 spiro atoms. The maximum absolute atomic E-state index is 9.77. The van der Waals surface area contributed by atoms with Gasteiger partial charge in [0.2, 0.25) is 0 Å². The maximum atomic E-state index is 9.77. The van der Waals surface area contributed by atoms with Crippen LogP contribution in [0.2, 0.25) is 0 Å². The zero-order valence-electron chi connectivity index (χ0n) is 5.72. The van der Waals surface area contributed by atoms with Crippen LogP contribution in [0.1, 0.15) is 15.6 Å². The Labute approximate surface area is 44.4 Å². The fourth-order valence-electron chi connectivity index (χ4n) is 0.163. The fraction of sp³-hybridized carbons (Fsp3) is 0.750. The molecule has 0 unspecified atom stereocenters. The van der Waals surface area contributed by atoms with Crippen LogP contribution in [0.15, 0.2) is 0 Å². The summed E-state index contributed by atoms with van der Waals surface area (Å²) in [4.78, 5) is 9.77. The Bertz CT molecular complexity index is 107. The predicted octanol–water partition coefficient (Wildman–Crippen LogP) is -0.156. The Morgan fingerprint density at radius 2 is 2.43 bits per heavy atom. The van der Waals surface area contributed by atoms with Crippen molar-refractivity contribution in [3.8, 4) is 0 Å². The van der Waals surface area contributed by atoms with Crippen LogP contribution in [0.5, 0.6) is 0 Å². The number of aliphatic hydroxyl groups is 1. The van der Waals surface area contributed by atoms with Crippen molar-refractivity contribution in [2.75, 3.05) is 6.56 Å². The van der Waals surface area contributed by atoms with Gasteiger partial charge in [0.1, 0.15) is 0 Å². The molecule has 0 aromatic rings. The van der Waals surface area contributed by atoms with Crippen molar-refractivity contribution >= 4 is 5.97 Å². The molecule has 2 N–H and O–H groups in total. The Morgan fingerprint density at radius 1 is 1.86 bits per heavy atom. The van der Waals surface area contributed by atoms with Gasteiger partial charge in [-0.2, -0.15) is 0 Å². The molecule has 0 rings (SSSR count). The molecule has 0 aromatic carbocycles. The van der Waals surface area contributed by atoms with Crippen LogP contribution >= 0.6 is 0 Å². The molecule has 0 amide bonds. The van der Waals surface area contributed by atoms with Crippen molar-refractivity contribution in [3.63, 3.8) is 0 Å². The van der Waals surface area contributed by atoms with Gasteiger partial charge in [0.05, 0.1) is 2.74 Å². The molecule has 0 radical (unpaired) electrons. The first kappa shape index (κ1) is 3.43. The summed E-state index contributed by atoms with van der Waals surface area (Å²) in [6.45, 7) is -2.35. The molecule has 3 heteroatoms. The van der Waals surface area contributed by atoms with E-state index in [1.165, 1.54) is 0 Å². The van der Waals surface area contributed by atoms with E-state index in [0.29, 0.717) is 0 Å². The van der Waals surface area contributed by atoms with Crippen LogP contribution in [-0.2, 0) is 4.79 Å². The number of aliphatic carboxylic acids is 1. The van der Waals surface area contributed by atoms with E-state index in [1.807, 2.05) is 0 Å². The van der Waals surface area contributed by atoms with Crippen LogP contribution in [0.4, 0.5) is 0 Å². The second-order valence-electron chi connectivity index (χ2n) is 1.05.